The molecular formula is C18H14N2O2S. The Hall–Kier alpha value is -2.66. The summed E-state index contributed by atoms with van der Waals surface area (Å²) >= 11 is 1.41. The molecule has 0 aliphatic rings. The first kappa shape index (κ1) is 14.0. The third kappa shape index (κ3) is 1.97. The van der Waals surface area contributed by atoms with Crippen molar-refractivity contribution in [2.75, 3.05) is 0 Å². The van der Waals surface area contributed by atoms with Crippen LogP contribution < -0.4 is 5.56 Å². The van der Waals surface area contributed by atoms with Gasteiger partial charge in [-0.05, 0) is 36.6 Å². The first-order chi connectivity index (χ1) is 11.1. The third-order valence-electron chi connectivity index (χ3n) is 4.19. The molecule has 0 aliphatic heterocycles. The maximum Gasteiger partial charge on any atom is 0.270 e. The van der Waals surface area contributed by atoms with E-state index in [0.717, 1.165) is 21.3 Å². The molecule has 114 valence electrons. The fraction of sp³-hybridized carbons (Fsp3) is 0.111. The third-order valence-corrected chi connectivity index (χ3v) is 5.19. The van der Waals surface area contributed by atoms with Gasteiger partial charge in [-0.15, -0.1) is 0 Å². The van der Waals surface area contributed by atoms with Crippen molar-refractivity contribution in [1.29, 1.82) is 0 Å². The lowest BCUT2D eigenvalue weighted by atomic mass is 10.1. The number of hydrogen-bond donors (Lipinski definition) is 1. The Kier molecular flexibility index (Phi) is 2.99. The van der Waals surface area contributed by atoms with Crippen LogP contribution in [0.15, 0.2) is 47.3 Å². The van der Waals surface area contributed by atoms with Crippen LogP contribution in [0.2, 0.25) is 0 Å². The topological polar surface area (TPSA) is 54.6 Å². The molecule has 2 heterocycles. The van der Waals surface area contributed by atoms with Crippen LogP contribution in [0.25, 0.3) is 26.3 Å². The summed E-state index contributed by atoms with van der Waals surface area (Å²) in [5, 5.41) is 10.3. The molecule has 0 radical (unpaired) electrons. The molecule has 0 aliphatic carbocycles. The molecule has 0 saturated heterocycles. The molecule has 5 heteroatoms. The van der Waals surface area contributed by atoms with Crippen LogP contribution in [-0.2, 0) is 0 Å². The molecule has 0 saturated carbocycles. The van der Waals surface area contributed by atoms with E-state index in [1.165, 1.54) is 11.3 Å². The number of thiazole rings is 1. The Bertz CT molecular complexity index is 1110. The second-order valence-corrected chi connectivity index (χ2v) is 6.56. The molecule has 0 spiro atoms. The minimum Gasteiger partial charge on any atom is -0.493 e. The monoisotopic (exact) mass is 322 g/mol. The number of rotatable bonds is 1. The smallest absolute Gasteiger partial charge is 0.270 e. The second kappa shape index (κ2) is 4.93. The highest BCUT2D eigenvalue weighted by molar-refractivity contribution is 7.23. The van der Waals surface area contributed by atoms with E-state index in [2.05, 4.69) is 4.98 Å². The van der Waals surface area contributed by atoms with Gasteiger partial charge < -0.3 is 5.11 Å². The van der Waals surface area contributed by atoms with E-state index in [-0.39, 0.29) is 17.0 Å². The summed E-state index contributed by atoms with van der Waals surface area (Å²) in [5.74, 6) is -0.220. The van der Waals surface area contributed by atoms with Crippen LogP contribution in [0, 0.1) is 13.8 Å². The van der Waals surface area contributed by atoms with Crippen LogP contribution in [0.3, 0.4) is 0 Å². The van der Waals surface area contributed by atoms with E-state index in [4.69, 9.17) is 0 Å². The number of aromatic hydroxyl groups is 1. The van der Waals surface area contributed by atoms with Crippen molar-refractivity contribution in [3.8, 4) is 17.0 Å². The van der Waals surface area contributed by atoms with Gasteiger partial charge in [0.2, 0.25) is 10.8 Å². The van der Waals surface area contributed by atoms with E-state index in [9.17, 15) is 9.90 Å². The Morgan fingerprint density at radius 2 is 1.83 bits per heavy atom. The summed E-state index contributed by atoms with van der Waals surface area (Å²) < 4.78 is 2.60. The number of aromatic nitrogens is 2. The highest BCUT2D eigenvalue weighted by atomic mass is 32.1. The number of fused-ring (bicyclic) bond motifs is 3. The molecule has 4 aromatic rings. The van der Waals surface area contributed by atoms with Crippen molar-refractivity contribution < 1.29 is 5.11 Å². The van der Waals surface area contributed by atoms with Crippen molar-refractivity contribution in [2.24, 2.45) is 0 Å². The largest absolute Gasteiger partial charge is 0.493 e. The molecule has 4 nitrogen and oxygen atoms in total. The predicted octanol–water partition coefficient (Wildman–Crippen LogP) is 3.90. The maximum atomic E-state index is 13.1. The van der Waals surface area contributed by atoms with Crippen LogP contribution in [-0.4, -0.2) is 14.5 Å². The highest BCUT2D eigenvalue weighted by Crippen LogP contribution is 2.32. The van der Waals surface area contributed by atoms with Gasteiger partial charge in [-0.3, -0.25) is 4.79 Å². The van der Waals surface area contributed by atoms with Crippen molar-refractivity contribution in [3.63, 3.8) is 0 Å². The van der Waals surface area contributed by atoms with Gasteiger partial charge in [-0.1, -0.05) is 47.7 Å². The number of benzene rings is 2. The number of aryl methyl sites for hydroxylation is 2. The molecule has 0 atom stereocenters. The Labute approximate surface area is 136 Å². The Morgan fingerprint density at radius 1 is 1.09 bits per heavy atom. The molecule has 0 bridgehead atoms. The standard InChI is InChI=1S/C18H14N2O2S/c1-10-8-9-13-15(11(10)2)20-17(22)14(12-6-4-3-5-7-12)16(21)19-18(20)23-13/h3-9,21H,1-2H3. The second-order valence-electron chi connectivity index (χ2n) is 5.56. The van der Waals surface area contributed by atoms with Gasteiger partial charge in [0.05, 0.1) is 10.2 Å². The summed E-state index contributed by atoms with van der Waals surface area (Å²) in [7, 11) is 0. The lowest BCUT2D eigenvalue weighted by molar-refractivity contribution is 0.456. The van der Waals surface area contributed by atoms with E-state index in [0.29, 0.717) is 10.5 Å². The average molecular weight is 322 g/mol. The summed E-state index contributed by atoms with van der Waals surface area (Å²) in [5.41, 5.74) is 3.73. The van der Waals surface area contributed by atoms with Crippen LogP contribution in [0.1, 0.15) is 11.1 Å². The molecular weight excluding hydrogens is 308 g/mol. The van der Waals surface area contributed by atoms with Gasteiger partial charge in [0.25, 0.3) is 5.56 Å². The lowest BCUT2D eigenvalue weighted by Gasteiger charge is -2.06. The molecule has 0 amide bonds. The summed E-state index contributed by atoms with van der Waals surface area (Å²) in [4.78, 5) is 17.8. The first-order valence-electron chi connectivity index (χ1n) is 7.28. The van der Waals surface area contributed by atoms with E-state index in [1.54, 1.807) is 16.5 Å². The van der Waals surface area contributed by atoms with E-state index < -0.39 is 0 Å². The maximum absolute atomic E-state index is 13.1. The molecule has 4 rings (SSSR count). The zero-order valence-corrected chi connectivity index (χ0v) is 13.5. The lowest BCUT2D eigenvalue weighted by Crippen LogP contribution is -2.16. The zero-order chi connectivity index (χ0) is 16.1. The van der Waals surface area contributed by atoms with E-state index in [1.807, 2.05) is 44.2 Å². The first-order valence-corrected chi connectivity index (χ1v) is 8.09. The molecule has 0 fully saturated rings. The van der Waals surface area contributed by atoms with Crippen molar-refractivity contribution in [3.05, 3.63) is 63.9 Å². The van der Waals surface area contributed by atoms with Crippen LogP contribution >= 0.6 is 11.3 Å². The number of nitrogens with zero attached hydrogens (tertiary/aromatic N) is 2. The minimum absolute atomic E-state index is 0.220. The van der Waals surface area contributed by atoms with Gasteiger partial charge in [0, 0.05) is 0 Å². The van der Waals surface area contributed by atoms with Gasteiger partial charge in [0.15, 0.2) is 0 Å². The molecule has 0 unspecified atom stereocenters. The van der Waals surface area contributed by atoms with E-state index >= 15 is 0 Å². The minimum atomic E-state index is -0.237. The van der Waals surface area contributed by atoms with Crippen LogP contribution in [0.5, 0.6) is 5.88 Å². The van der Waals surface area contributed by atoms with Gasteiger partial charge in [0.1, 0.15) is 5.56 Å². The van der Waals surface area contributed by atoms with Crippen molar-refractivity contribution in [1.82, 2.24) is 9.38 Å². The predicted molar refractivity (Wildman–Crippen MR) is 93.4 cm³/mol. The molecule has 23 heavy (non-hydrogen) atoms. The fourth-order valence-corrected chi connectivity index (χ4v) is 3.92. The van der Waals surface area contributed by atoms with Gasteiger partial charge in [-0.2, -0.15) is 4.98 Å². The Balaban J connectivity index is 2.21. The van der Waals surface area contributed by atoms with Crippen molar-refractivity contribution >= 4 is 26.5 Å². The van der Waals surface area contributed by atoms with Gasteiger partial charge >= 0.3 is 0 Å². The summed E-state index contributed by atoms with van der Waals surface area (Å²) in [6.07, 6.45) is 0. The quantitative estimate of drug-likeness (QED) is 0.578. The molecule has 1 N–H and O–H groups in total. The highest BCUT2D eigenvalue weighted by Gasteiger charge is 2.18. The van der Waals surface area contributed by atoms with Crippen LogP contribution in [0.4, 0.5) is 0 Å². The van der Waals surface area contributed by atoms with Crippen molar-refractivity contribution in [2.45, 2.75) is 13.8 Å². The average Bonchev–Trinajstić information content (AvgIpc) is 2.91. The van der Waals surface area contributed by atoms with Gasteiger partial charge in [-0.25, -0.2) is 4.40 Å². The SMILES string of the molecule is Cc1ccc2sc3nc(O)c(-c4ccccc4)c(=O)n3c2c1C. The Morgan fingerprint density at radius 3 is 2.57 bits per heavy atom. The normalized spacial score (nSPS) is 11.4. The summed E-state index contributed by atoms with van der Waals surface area (Å²) in [6.45, 7) is 4.03. The molecule has 2 aromatic carbocycles. The zero-order valence-electron chi connectivity index (χ0n) is 12.7. The fourth-order valence-electron chi connectivity index (χ4n) is 2.85. The molecule has 2 aromatic heterocycles. The number of hydrogen-bond acceptors (Lipinski definition) is 4. The summed E-state index contributed by atoms with van der Waals surface area (Å²) in [6, 6.07) is 13.2.